The van der Waals surface area contributed by atoms with Gasteiger partial charge in [-0.05, 0) is 102 Å². The predicted molar refractivity (Wildman–Crippen MR) is 255 cm³/mol. The average molecular weight is 814 g/mol. The van der Waals surface area contributed by atoms with Crippen LogP contribution in [-0.2, 0) is 11.2 Å². The summed E-state index contributed by atoms with van der Waals surface area (Å²) in [6, 6.07) is 6.59. The maximum Gasteiger partial charge on any atom is 0.220 e. The lowest BCUT2D eigenvalue weighted by Gasteiger charge is -2.26. The Labute approximate surface area is 362 Å². The van der Waals surface area contributed by atoms with Gasteiger partial charge in [0, 0.05) is 13.0 Å². The van der Waals surface area contributed by atoms with Gasteiger partial charge in [-0.1, -0.05) is 213 Å². The number of hydrogen-bond donors (Lipinski definition) is 1. The second-order valence-electron chi connectivity index (χ2n) is 18.1. The zero-order chi connectivity index (χ0) is 41.8. The molecule has 0 saturated heterocycles. The molecule has 0 aromatic heterocycles. The summed E-state index contributed by atoms with van der Waals surface area (Å²) in [5.74, 6) is -0.0646. The summed E-state index contributed by atoms with van der Waals surface area (Å²) in [5, 5.41) is 3.07. The van der Waals surface area contributed by atoms with Crippen molar-refractivity contribution < 1.29 is 9.18 Å². The van der Waals surface area contributed by atoms with Gasteiger partial charge in [-0.2, -0.15) is 0 Å². The van der Waals surface area contributed by atoms with Gasteiger partial charge >= 0.3 is 0 Å². The van der Waals surface area contributed by atoms with Crippen molar-refractivity contribution in [2.75, 3.05) is 45.8 Å². The van der Waals surface area contributed by atoms with Crippen LogP contribution in [0, 0.1) is 5.82 Å². The molecule has 58 heavy (non-hydrogen) atoms. The molecule has 1 amide bonds. The molecule has 5 heteroatoms. The van der Waals surface area contributed by atoms with Gasteiger partial charge < -0.3 is 15.1 Å². The monoisotopic (exact) mass is 814 g/mol. The fourth-order valence-corrected chi connectivity index (χ4v) is 8.54. The Morgan fingerprint density at radius 3 is 1.05 bits per heavy atom. The van der Waals surface area contributed by atoms with Crippen molar-refractivity contribution >= 4 is 5.91 Å². The minimum atomic E-state index is -0.212. The van der Waals surface area contributed by atoms with Crippen LogP contribution < -0.4 is 5.32 Å². The second-order valence-corrected chi connectivity index (χ2v) is 18.1. The highest BCUT2D eigenvalue weighted by molar-refractivity contribution is 5.75. The molecule has 1 aromatic carbocycles. The molecule has 1 aromatic rings. The Morgan fingerprint density at radius 1 is 0.414 bits per heavy atom. The molecule has 0 bridgehead atoms. The first kappa shape index (κ1) is 54.6. The van der Waals surface area contributed by atoms with E-state index in [4.69, 9.17) is 0 Å². The van der Waals surface area contributed by atoms with Gasteiger partial charge in [0.05, 0.1) is 0 Å². The Morgan fingerprint density at radius 2 is 0.707 bits per heavy atom. The third-order valence-corrected chi connectivity index (χ3v) is 12.5. The summed E-state index contributed by atoms with van der Waals surface area (Å²) in [6.07, 6.45) is 48.1. The summed E-state index contributed by atoms with van der Waals surface area (Å²) >= 11 is 0. The number of nitrogens with zero attached hydrogens (tertiary/aromatic N) is 2. The quantitative estimate of drug-likeness (QED) is 0.0666. The summed E-state index contributed by atoms with van der Waals surface area (Å²) in [5.41, 5.74) is 1.06. The average Bonchev–Trinajstić information content (AvgIpc) is 3.22. The Balaban J connectivity index is 2.50. The van der Waals surface area contributed by atoms with Gasteiger partial charge in [0.15, 0.2) is 0 Å². The third kappa shape index (κ3) is 37.5. The molecule has 340 valence electrons. The number of amides is 1. The molecule has 0 fully saturated rings. The second kappa shape index (κ2) is 43.6. The van der Waals surface area contributed by atoms with Crippen molar-refractivity contribution in [3.05, 3.63) is 35.6 Å². The van der Waals surface area contributed by atoms with E-state index in [2.05, 4.69) is 35.9 Å². The zero-order valence-electron chi connectivity index (χ0n) is 39.4. The van der Waals surface area contributed by atoms with E-state index in [1.165, 1.54) is 257 Å². The highest BCUT2D eigenvalue weighted by Gasteiger charge is 2.10. The number of carbonyl (C=O) groups excluding carboxylic acids is 1. The lowest BCUT2D eigenvalue weighted by Crippen LogP contribution is -2.32. The maximum absolute atomic E-state index is 13.2. The molecule has 0 saturated carbocycles. The van der Waals surface area contributed by atoms with Crippen LogP contribution in [0.4, 0.5) is 4.39 Å². The fourth-order valence-electron chi connectivity index (χ4n) is 8.54. The molecule has 4 nitrogen and oxygen atoms in total. The Bertz CT molecular complexity index is 947. The molecule has 1 rings (SSSR count). The van der Waals surface area contributed by atoms with Crippen LogP contribution in [0.15, 0.2) is 24.3 Å². The standard InChI is InChI=1S/C53H100FN3O/c1-4-7-10-13-16-19-22-25-28-33-45-56(46-34-29-26-23-20-17-14-11-8-5-2)49-37-50-57(47-35-30-27-24-21-18-15-12-9-6-3)48-36-31-32-38-53(58)55-44-43-51-39-41-52(54)42-40-51/h39-42H,4-38,43-50H2,1-3H3,(H,55,58). The lowest BCUT2D eigenvalue weighted by molar-refractivity contribution is -0.121. The van der Waals surface area contributed by atoms with Crippen LogP contribution in [0.2, 0.25) is 0 Å². The van der Waals surface area contributed by atoms with E-state index in [9.17, 15) is 9.18 Å². The van der Waals surface area contributed by atoms with Gasteiger partial charge in [-0.3, -0.25) is 4.79 Å². The van der Waals surface area contributed by atoms with E-state index in [0.717, 1.165) is 24.8 Å². The molecule has 0 aliphatic heterocycles. The van der Waals surface area contributed by atoms with Gasteiger partial charge in [-0.15, -0.1) is 0 Å². The largest absolute Gasteiger partial charge is 0.356 e. The molecule has 0 aliphatic rings. The fraction of sp³-hybridized carbons (Fsp3) is 0.868. The molecule has 0 radical (unpaired) electrons. The van der Waals surface area contributed by atoms with Crippen molar-refractivity contribution in [2.24, 2.45) is 0 Å². The number of benzene rings is 1. The summed E-state index contributed by atoms with van der Waals surface area (Å²) in [7, 11) is 0. The SMILES string of the molecule is CCCCCCCCCCCCN(CCCCCCCCCCCC)CCCN(CCCCCCCCCCCC)CCCCCC(=O)NCCc1ccc(F)cc1. The predicted octanol–water partition coefficient (Wildman–Crippen LogP) is 15.8. The number of carbonyl (C=O) groups is 1. The molecule has 0 unspecified atom stereocenters. The van der Waals surface area contributed by atoms with Crippen LogP contribution in [0.1, 0.15) is 251 Å². The minimum Gasteiger partial charge on any atom is -0.356 e. The van der Waals surface area contributed by atoms with Crippen molar-refractivity contribution in [3.8, 4) is 0 Å². The molecule has 0 atom stereocenters. The van der Waals surface area contributed by atoms with Crippen molar-refractivity contribution in [3.63, 3.8) is 0 Å². The van der Waals surface area contributed by atoms with Gasteiger partial charge in [0.25, 0.3) is 0 Å². The highest BCUT2D eigenvalue weighted by atomic mass is 19.1. The first-order valence-corrected chi connectivity index (χ1v) is 26.0. The normalized spacial score (nSPS) is 11.7. The molecule has 0 aliphatic carbocycles. The van der Waals surface area contributed by atoms with Crippen LogP contribution in [-0.4, -0.2) is 61.5 Å². The number of rotatable bonds is 46. The van der Waals surface area contributed by atoms with Crippen LogP contribution >= 0.6 is 0 Å². The Hall–Kier alpha value is -1.46. The van der Waals surface area contributed by atoms with Crippen molar-refractivity contribution in [2.45, 2.75) is 252 Å². The Kier molecular flexibility index (Phi) is 41.0. The van der Waals surface area contributed by atoms with E-state index in [0.29, 0.717) is 13.0 Å². The highest BCUT2D eigenvalue weighted by Crippen LogP contribution is 2.15. The smallest absolute Gasteiger partial charge is 0.220 e. The van der Waals surface area contributed by atoms with Crippen molar-refractivity contribution in [1.82, 2.24) is 15.1 Å². The molecule has 0 heterocycles. The van der Waals surface area contributed by atoms with E-state index >= 15 is 0 Å². The molecule has 1 N–H and O–H groups in total. The summed E-state index contributed by atoms with van der Waals surface area (Å²) in [6.45, 7) is 15.0. The number of halogens is 1. The third-order valence-electron chi connectivity index (χ3n) is 12.5. The van der Waals surface area contributed by atoms with Gasteiger partial charge in [0.2, 0.25) is 5.91 Å². The van der Waals surface area contributed by atoms with E-state index < -0.39 is 0 Å². The topological polar surface area (TPSA) is 35.6 Å². The van der Waals surface area contributed by atoms with E-state index in [1.807, 2.05) is 0 Å². The van der Waals surface area contributed by atoms with Gasteiger partial charge in [0.1, 0.15) is 5.82 Å². The van der Waals surface area contributed by atoms with Gasteiger partial charge in [-0.25, -0.2) is 4.39 Å². The number of hydrogen-bond acceptors (Lipinski definition) is 3. The van der Waals surface area contributed by atoms with Crippen LogP contribution in [0.3, 0.4) is 0 Å². The maximum atomic E-state index is 13.2. The lowest BCUT2D eigenvalue weighted by atomic mass is 10.1. The summed E-state index contributed by atoms with van der Waals surface area (Å²) in [4.78, 5) is 18.1. The van der Waals surface area contributed by atoms with E-state index in [-0.39, 0.29) is 11.7 Å². The zero-order valence-corrected chi connectivity index (χ0v) is 39.4. The first-order chi connectivity index (χ1) is 28.6. The first-order valence-electron chi connectivity index (χ1n) is 26.0. The molecule has 0 spiro atoms. The van der Waals surface area contributed by atoms with Crippen LogP contribution in [0.5, 0.6) is 0 Å². The van der Waals surface area contributed by atoms with Crippen molar-refractivity contribution in [1.29, 1.82) is 0 Å². The molecular weight excluding hydrogens is 714 g/mol. The molecular formula is C53H100FN3O. The summed E-state index contributed by atoms with van der Waals surface area (Å²) < 4.78 is 13.2. The minimum absolute atomic E-state index is 0.147. The number of nitrogens with one attached hydrogen (secondary N) is 1. The number of unbranched alkanes of at least 4 members (excludes halogenated alkanes) is 29. The van der Waals surface area contributed by atoms with Crippen LogP contribution in [0.25, 0.3) is 0 Å². The van der Waals surface area contributed by atoms with E-state index in [1.54, 1.807) is 12.1 Å².